The van der Waals surface area contributed by atoms with Crippen LogP contribution in [-0.2, 0) is 19.5 Å². The second-order valence-electron chi connectivity index (χ2n) is 9.78. The van der Waals surface area contributed by atoms with E-state index in [-0.39, 0.29) is 50.0 Å². The standard InChI is InChI=1S/C24H19ClN2O6.C10H14.2ClH.Ru/c1-29-18-5-4-15(11-19(18)33-24(28)14-6-8-26-9-7-14)22-21(27-13-32-22)16-10-17(25)23(31-3)20(12-16)30-2;1-8(2)10-6-4-9(3)5-7-10;;;/h4-13H,1-3H3;4-8H,1-3H3;2*1H;/q;;;;+2/p-2. The van der Waals surface area contributed by atoms with Gasteiger partial charge in [-0.25, -0.2) is 9.78 Å². The van der Waals surface area contributed by atoms with Gasteiger partial charge in [-0.05, 0) is 85.9 Å². The Morgan fingerprint density at radius 1 is 0.826 bits per heavy atom. The van der Waals surface area contributed by atoms with Crippen molar-refractivity contribution in [1.82, 2.24) is 9.97 Å². The van der Waals surface area contributed by atoms with Crippen molar-refractivity contribution in [1.29, 1.82) is 0 Å². The molecule has 0 atom stereocenters. The van der Waals surface area contributed by atoms with Crippen molar-refractivity contribution in [2.24, 2.45) is 5.92 Å². The van der Waals surface area contributed by atoms with Crippen molar-refractivity contribution in [2.75, 3.05) is 21.3 Å². The van der Waals surface area contributed by atoms with Gasteiger partial charge in [0.1, 0.15) is 5.69 Å². The van der Waals surface area contributed by atoms with Crippen LogP contribution < -0.4 is 43.8 Å². The first-order valence-corrected chi connectivity index (χ1v) is 13.9. The van der Waals surface area contributed by atoms with Crippen LogP contribution >= 0.6 is 11.6 Å². The molecule has 5 rings (SSSR count). The number of halogens is 3. The molecular weight excluding hydrogens is 740 g/mol. The molecule has 0 aliphatic heterocycles. The van der Waals surface area contributed by atoms with Gasteiger partial charge in [-0.15, -0.1) is 0 Å². The van der Waals surface area contributed by atoms with Crippen LogP contribution in [0, 0.1) is 43.4 Å². The molecule has 0 unspecified atom stereocenters. The number of carbonyl (C=O) groups is 1. The zero-order valence-electron chi connectivity index (χ0n) is 26.0. The molecular formula is C34H33Cl3N2O6Ru. The summed E-state index contributed by atoms with van der Waals surface area (Å²) in [6, 6.07) is 11.7. The van der Waals surface area contributed by atoms with Crippen LogP contribution in [0.25, 0.3) is 22.6 Å². The first-order chi connectivity index (χ1) is 20.7. The summed E-state index contributed by atoms with van der Waals surface area (Å²) in [7, 11) is 4.52. The summed E-state index contributed by atoms with van der Waals surface area (Å²) in [5.74, 6) is 4.80. The molecule has 1 saturated carbocycles. The number of rotatable bonds is 8. The van der Waals surface area contributed by atoms with Crippen LogP contribution in [0.15, 0.2) is 65.7 Å². The van der Waals surface area contributed by atoms with Crippen molar-refractivity contribution in [3.63, 3.8) is 0 Å². The number of benzene rings is 2. The summed E-state index contributed by atoms with van der Waals surface area (Å²) < 4.78 is 27.3. The number of aromatic nitrogens is 2. The molecule has 0 saturated heterocycles. The van der Waals surface area contributed by atoms with Gasteiger partial charge in [0.2, 0.25) is 0 Å². The summed E-state index contributed by atoms with van der Waals surface area (Å²) in [4.78, 5) is 20.8. The monoisotopic (exact) mass is 772 g/mol. The molecule has 0 spiro atoms. The van der Waals surface area contributed by atoms with E-state index in [1.54, 1.807) is 42.5 Å². The number of nitrogens with zero attached hydrogens (tertiary/aromatic N) is 2. The Labute approximate surface area is 301 Å². The smallest absolute Gasteiger partial charge is 1.00 e. The van der Waals surface area contributed by atoms with E-state index >= 15 is 0 Å². The van der Waals surface area contributed by atoms with Crippen LogP contribution in [-0.4, -0.2) is 37.3 Å². The first kappa shape index (κ1) is 41.2. The summed E-state index contributed by atoms with van der Waals surface area (Å²) in [6.07, 6.45) is 13.1. The average molecular weight is 773 g/mol. The fourth-order valence-electron chi connectivity index (χ4n) is 4.21. The van der Waals surface area contributed by atoms with E-state index in [1.807, 2.05) is 0 Å². The van der Waals surface area contributed by atoms with Crippen molar-refractivity contribution in [3.05, 3.63) is 109 Å². The third-order valence-electron chi connectivity index (χ3n) is 6.56. The van der Waals surface area contributed by atoms with Crippen LogP contribution in [0.5, 0.6) is 23.0 Å². The van der Waals surface area contributed by atoms with Gasteiger partial charge in [0.25, 0.3) is 0 Å². The Morgan fingerprint density at radius 3 is 2.04 bits per heavy atom. The number of hydrogen-bond acceptors (Lipinski definition) is 8. The molecule has 244 valence electrons. The van der Waals surface area contributed by atoms with Crippen molar-refractivity contribution in [3.8, 4) is 45.6 Å². The second kappa shape index (κ2) is 19.7. The van der Waals surface area contributed by atoms with E-state index in [2.05, 4.69) is 56.4 Å². The number of esters is 1. The van der Waals surface area contributed by atoms with Crippen LogP contribution in [0.1, 0.15) is 31.1 Å². The van der Waals surface area contributed by atoms with E-state index < -0.39 is 5.97 Å². The summed E-state index contributed by atoms with van der Waals surface area (Å²) >= 11 is 6.37. The number of hydrogen-bond donors (Lipinski definition) is 0. The van der Waals surface area contributed by atoms with Crippen molar-refractivity contribution < 1.29 is 72.5 Å². The minimum absolute atomic E-state index is 0. The molecule has 2 aromatic carbocycles. The third-order valence-corrected chi connectivity index (χ3v) is 6.84. The average Bonchev–Trinajstić information content (AvgIpc) is 3.52. The molecule has 2 heterocycles. The number of ether oxygens (including phenoxy) is 4. The van der Waals surface area contributed by atoms with E-state index in [1.165, 1.54) is 52.0 Å². The van der Waals surface area contributed by atoms with E-state index in [0.29, 0.717) is 56.3 Å². The maximum atomic E-state index is 12.6. The minimum Gasteiger partial charge on any atom is -1.00 e. The molecule has 46 heavy (non-hydrogen) atoms. The predicted octanol–water partition coefficient (Wildman–Crippen LogP) is 1.95. The summed E-state index contributed by atoms with van der Waals surface area (Å²) in [5.41, 5.74) is 2.16. The molecule has 0 bridgehead atoms. The summed E-state index contributed by atoms with van der Waals surface area (Å²) in [5, 5.41) is 0.363. The molecule has 0 amide bonds. The zero-order chi connectivity index (χ0) is 30.9. The van der Waals surface area contributed by atoms with Crippen molar-refractivity contribution >= 4 is 17.6 Å². The molecule has 12 heteroatoms. The second-order valence-corrected chi connectivity index (χ2v) is 10.2. The normalized spacial score (nSPS) is 12.8. The Hall–Kier alpha value is -2.84. The molecule has 2 aromatic heterocycles. The minimum atomic E-state index is -0.544. The van der Waals surface area contributed by atoms with Gasteiger partial charge in [-0.3, -0.25) is 4.98 Å². The van der Waals surface area contributed by atoms with Gasteiger partial charge in [0.15, 0.2) is 35.2 Å². The number of pyridine rings is 1. The van der Waals surface area contributed by atoms with Gasteiger partial charge in [-0.2, -0.15) is 0 Å². The molecule has 0 N–H and O–H groups in total. The number of carbonyl (C=O) groups excluding carboxylic acids is 1. The largest absolute Gasteiger partial charge is 2.00 e. The van der Waals surface area contributed by atoms with E-state index in [4.69, 9.17) is 35.0 Å². The third kappa shape index (κ3) is 10.3. The zero-order valence-corrected chi connectivity index (χ0v) is 30.0. The topological polar surface area (TPSA) is 92.9 Å². The summed E-state index contributed by atoms with van der Waals surface area (Å²) in [6.45, 7) is 6.54. The van der Waals surface area contributed by atoms with Crippen LogP contribution in [0.2, 0.25) is 5.02 Å². The van der Waals surface area contributed by atoms with Gasteiger partial charge < -0.3 is 48.2 Å². The molecule has 6 radical (unpaired) electrons. The van der Waals surface area contributed by atoms with Gasteiger partial charge in [0, 0.05) is 23.5 Å². The molecule has 1 aliphatic rings. The Morgan fingerprint density at radius 2 is 1.46 bits per heavy atom. The van der Waals surface area contributed by atoms with E-state index in [0.717, 1.165) is 0 Å². The number of methoxy groups -OCH3 is 3. The maximum Gasteiger partial charge on any atom is 2.00 e. The molecule has 4 aromatic rings. The molecule has 1 fully saturated rings. The molecule has 1 aliphatic carbocycles. The van der Waals surface area contributed by atoms with Gasteiger partial charge >= 0.3 is 25.4 Å². The van der Waals surface area contributed by atoms with Crippen molar-refractivity contribution in [2.45, 2.75) is 20.8 Å². The van der Waals surface area contributed by atoms with Gasteiger partial charge in [0.05, 0.1) is 31.9 Å². The van der Waals surface area contributed by atoms with E-state index in [9.17, 15) is 4.79 Å². The Balaban J connectivity index is 0.000000701. The van der Waals surface area contributed by atoms with Crippen LogP contribution in [0.4, 0.5) is 0 Å². The fourth-order valence-corrected chi connectivity index (χ4v) is 4.49. The Bertz CT molecular complexity index is 1510. The number of oxazole rings is 1. The quantitative estimate of drug-likeness (QED) is 0.153. The SMILES string of the molecule is COc1ccc(-c2ocnc2-c2cc(Cl)c(OC)c(OC)c2)cc1OC(=O)c1ccncc1.C[C]1[CH][CH][C](C(C)C)[CH][CH]1.[Cl-].[Cl-].[Ru+2]. The fraction of sp³-hybridized carbons (Fsp3) is 0.206. The molecule has 8 nitrogen and oxygen atoms in total. The van der Waals surface area contributed by atoms with Gasteiger partial charge in [-0.1, -0.05) is 32.4 Å². The Kier molecular flexibility index (Phi) is 17.7. The maximum absolute atomic E-state index is 12.6. The first-order valence-electron chi connectivity index (χ1n) is 13.5. The predicted molar refractivity (Wildman–Crippen MR) is 165 cm³/mol. The van der Waals surface area contributed by atoms with Crippen LogP contribution in [0.3, 0.4) is 0 Å².